The Kier molecular flexibility index (Phi) is 6.78. The van der Waals surface area contributed by atoms with Crippen molar-refractivity contribution >= 4 is 18.3 Å². The van der Waals surface area contributed by atoms with E-state index in [1.165, 1.54) is 0 Å². The molecule has 2 N–H and O–H groups in total. The number of ether oxygens (including phenoxy) is 2. The summed E-state index contributed by atoms with van der Waals surface area (Å²) in [5, 5.41) is 0. The average molecular weight is 315 g/mol. The first-order valence-electron chi connectivity index (χ1n) is 6.93. The minimum absolute atomic E-state index is 0. The molecule has 21 heavy (non-hydrogen) atoms. The second-order valence-corrected chi connectivity index (χ2v) is 5.11. The summed E-state index contributed by atoms with van der Waals surface area (Å²) >= 11 is 0. The summed E-state index contributed by atoms with van der Waals surface area (Å²) in [7, 11) is 1.61. The Bertz CT molecular complexity index is 453. The summed E-state index contributed by atoms with van der Waals surface area (Å²) in [6, 6.07) is 7.23. The van der Waals surface area contributed by atoms with E-state index in [-0.39, 0.29) is 18.3 Å². The highest BCUT2D eigenvalue weighted by atomic mass is 35.5. The summed E-state index contributed by atoms with van der Waals surface area (Å²) in [6.45, 7) is 3.93. The lowest BCUT2D eigenvalue weighted by atomic mass is 10.1. The number of hydrogen-bond donors (Lipinski definition) is 1. The summed E-state index contributed by atoms with van der Waals surface area (Å²) in [5.74, 6) is 1.88. The lowest BCUT2D eigenvalue weighted by Gasteiger charge is -2.21. The molecule has 6 heteroatoms. The number of carbonyl (C=O) groups is 1. The fourth-order valence-electron chi connectivity index (χ4n) is 2.39. The van der Waals surface area contributed by atoms with E-state index in [0.29, 0.717) is 18.2 Å². The van der Waals surface area contributed by atoms with E-state index >= 15 is 0 Å². The molecule has 2 unspecified atom stereocenters. The van der Waals surface area contributed by atoms with Crippen molar-refractivity contribution in [2.45, 2.75) is 19.4 Å². The summed E-state index contributed by atoms with van der Waals surface area (Å²) in [4.78, 5) is 14.1. The van der Waals surface area contributed by atoms with Gasteiger partial charge < -0.3 is 20.1 Å². The molecule has 1 saturated heterocycles. The molecule has 1 amide bonds. The standard InChI is InChI=1S/C15H22N2O3.ClH/c1-11(15(18)17-8-7-12(9-16)10-17)20-14-5-3-13(19-2)4-6-14;/h3-6,11-12H,7-10,16H2,1-2H3;1H. The monoisotopic (exact) mass is 314 g/mol. The average Bonchev–Trinajstić information content (AvgIpc) is 2.96. The van der Waals surface area contributed by atoms with E-state index in [1.54, 1.807) is 26.2 Å². The molecule has 0 radical (unpaired) electrons. The molecule has 1 aromatic rings. The quantitative estimate of drug-likeness (QED) is 0.898. The number of nitrogens with zero attached hydrogens (tertiary/aromatic N) is 1. The third-order valence-corrected chi connectivity index (χ3v) is 3.65. The Labute approximate surface area is 131 Å². The number of benzene rings is 1. The molecular formula is C15H23ClN2O3. The fourth-order valence-corrected chi connectivity index (χ4v) is 2.39. The number of likely N-dealkylation sites (tertiary alicyclic amines) is 1. The number of methoxy groups -OCH3 is 1. The van der Waals surface area contributed by atoms with Gasteiger partial charge in [-0.15, -0.1) is 12.4 Å². The van der Waals surface area contributed by atoms with Gasteiger partial charge in [-0.25, -0.2) is 0 Å². The number of nitrogens with two attached hydrogens (primary N) is 1. The van der Waals surface area contributed by atoms with Gasteiger partial charge >= 0.3 is 0 Å². The van der Waals surface area contributed by atoms with Gasteiger partial charge in [0.1, 0.15) is 11.5 Å². The van der Waals surface area contributed by atoms with Gasteiger partial charge in [-0.1, -0.05) is 0 Å². The Morgan fingerprint density at radius 3 is 2.52 bits per heavy atom. The van der Waals surface area contributed by atoms with Gasteiger partial charge in [-0.3, -0.25) is 4.79 Å². The minimum atomic E-state index is -0.486. The maximum absolute atomic E-state index is 12.3. The highest BCUT2D eigenvalue weighted by Crippen LogP contribution is 2.20. The number of carbonyl (C=O) groups excluding carboxylic acids is 1. The molecule has 1 aromatic carbocycles. The number of amides is 1. The molecule has 1 aliphatic heterocycles. The van der Waals surface area contributed by atoms with Crippen LogP contribution in [0.3, 0.4) is 0 Å². The molecule has 0 bridgehead atoms. The van der Waals surface area contributed by atoms with Crippen LogP contribution in [0.4, 0.5) is 0 Å². The first-order chi connectivity index (χ1) is 9.63. The maximum Gasteiger partial charge on any atom is 0.263 e. The molecule has 0 spiro atoms. The topological polar surface area (TPSA) is 64.8 Å². The molecule has 0 saturated carbocycles. The number of halogens is 1. The Hall–Kier alpha value is -1.46. The molecule has 5 nitrogen and oxygen atoms in total. The summed E-state index contributed by atoms with van der Waals surface area (Å²) in [6.07, 6.45) is 0.497. The van der Waals surface area contributed by atoms with Crippen LogP contribution in [0.1, 0.15) is 13.3 Å². The smallest absolute Gasteiger partial charge is 0.263 e. The van der Waals surface area contributed by atoms with Gasteiger partial charge in [-0.2, -0.15) is 0 Å². The number of hydrogen-bond acceptors (Lipinski definition) is 4. The van der Waals surface area contributed by atoms with Gasteiger partial charge in [0.2, 0.25) is 0 Å². The molecule has 0 aliphatic carbocycles. The van der Waals surface area contributed by atoms with Crippen molar-refractivity contribution in [3.8, 4) is 11.5 Å². The zero-order valence-corrected chi connectivity index (χ0v) is 13.3. The highest BCUT2D eigenvalue weighted by molar-refractivity contribution is 5.85. The zero-order chi connectivity index (χ0) is 14.5. The van der Waals surface area contributed by atoms with Crippen LogP contribution in [0.2, 0.25) is 0 Å². The van der Waals surface area contributed by atoms with Gasteiger partial charge in [0, 0.05) is 13.1 Å². The van der Waals surface area contributed by atoms with E-state index in [0.717, 1.165) is 25.3 Å². The molecule has 1 aliphatic rings. The first kappa shape index (κ1) is 17.6. The highest BCUT2D eigenvalue weighted by Gasteiger charge is 2.29. The molecular weight excluding hydrogens is 292 g/mol. The van der Waals surface area contributed by atoms with Crippen LogP contribution >= 0.6 is 12.4 Å². The van der Waals surface area contributed by atoms with Crippen LogP contribution in [0.15, 0.2) is 24.3 Å². The van der Waals surface area contributed by atoms with E-state index in [1.807, 2.05) is 17.0 Å². The van der Waals surface area contributed by atoms with Crippen LogP contribution in [0.5, 0.6) is 11.5 Å². The third-order valence-electron chi connectivity index (χ3n) is 3.65. The van der Waals surface area contributed by atoms with Crippen LogP contribution in [0.25, 0.3) is 0 Å². The van der Waals surface area contributed by atoms with Crippen LogP contribution in [-0.4, -0.2) is 43.7 Å². The van der Waals surface area contributed by atoms with Crippen molar-refractivity contribution in [3.63, 3.8) is 0 Å². The Morgan fingerprint density at radius 1 is 1.38 bits per heavy atom. The summed E-state index contributed by atoms with van der Waals surface area (Å²) in [5.41, 5.74) is 5.64. The molecule has 2 atom stereocenters. The van der Waals surface area contributed by atoms with Crippen molar-refractivity contribution in [3.05, 3.63) is 24.3 Å². The molecule has 1 fully saturated rings. The lowest BCUT2D eigenvalue weighted by molar-refractivity contribution is -0.136. The first-order valence-corrected chi connectivity index (χ1v) is 6.93. The van der Waals surface area contributed by atoms with Gasteiger partial charge in [0.05, 0.1) is 7.11 Å². The molecule has 0 aromatic heterocycles. The lowest BCUT2D eigenvalue weighted by Crippen LogP contribution is -2.39. The van der Waals surface area contributed by atoms with Crippen LogP contribution < -0.4 is 15.2 Å². The molecule has 2 rings (SSSR count). The van der Waals surface area contributed by atoms with Crippen molar-refractivity contribution in [2.24, 2.45) is 11.7 Å². The Morgan fingerprint density at radius 2 is 2.00 bits per heavy atom. The fraction of sp³-hybridized carbons (Fsp3) is 0.533. The van der Waals surface area contributed by atoms with Crippen LogP contribution in [0, 0.1) is 5.92 Å². The predicted octanol–water partition coefficient (Wildman–Crippen LogP) is 1.69. The van der Waals surface area contributed by atoms with Crippen LogP contribution in [-0.2, 0) is 4.79 Å². The van der Waals surface area contributed by atoms with Crippen molar-refractivity contribution in [1.29, 1.82) is 0 Å². The SMILES string of the molecule is COc1ccc(OC(C)C(=O)N2CCC(CN)C2)cc1.Cl. The summed E-state index contributed by atoms with van der Waals surface area (Å²) < 4.78 is 10.8. The third kappa shape index (κ3) is 4.51. The number of rotatable bonds is 5. The largest absolute Gasteiger partial charge is 0.497 e. The molecule has 1 heterocycles. The van der Waals surface area contributed by atoms with E-state index in [9.17, 15) is 4.79 Å². The van der Waals surface area contributed by atoms with E-state index < -0.39 is 6.10 Å². The van der Waals surface area contributed by atoms with Crippen molar-refractivity contribution in [1.82, 2.24) is 4.90 Å². The maximum atomic E-state index is 12.3. The minimum Gasteiger partial charge on any atom is -0.497 e. The van der Waals surface area contributed by atoms with Gasteiger partial charge in [0.15, 0.2) is 6.10 Å². The van der Waals surface area contributed by atoms with E-state index in [4.69, 9.17) is 15.2 Å². The van der Waals surface area contributed by atoms with Gasteiger partial charge in [0.25, 0.3) is 5.91 Å². The second kappa shape index (κ2) is 8.10. The van der Waals surface area contributed by atoms with Crippen molar-refractivity contribution in [2.75, 3.05) is 26.7 Å². The second-order valence-electron chi connectivity index (χ2n) is 5.11. The van der Waals surface area contributed by atoms with Gasteiger partial charge in [-0.05, 0) is 50.1 Å². The normalized spacial score (nSPS) is 18.8. The van der Waals surface area contributed by atoms with Crippen molar-refractivity contribution < 1.29 is 14.3 Å². The molecule has 118 valence electrons. The Balaban J connectivity index is 0.00000220. The predicted molar refractivity (Wildman–Crippen MR) is 84.1 cm³/mol. The van der Waals surface area contributed by atoms with E-state index in [2.05, 4.69) is 0 Å². The zero-order valence-electron chi connectivity index (χ0n) is 12.5.